The maximum Gasteiger partial charge on any atom is 0.303 e. The molecule has 0 bridgehead atoms. The predicted molar refractivity (Wildman–Crippen MR) is 94.1 cm³/mol. The third-order valence-electron chi connectivity index (χ3n) is 3.47. The van der Waals surface area contributed by atoms with Crippen LogP contribution in [0.1, 0.15) is 18.4 Å². The number of benzene rings is 2. The number of rotatable bonds is 9. The highest BCUT2D eigenvalue weighted by atomic mass is 16.5. The van der Waals surface area contributed by atoms with Crippen molar-refractivity contribution >= 4 is 17.6 Å². The Morgan fingerprint density at radius 3 is 2.24 bits per heavy atom. The maximum atomic E-state index is 12.1. The van der Waals surface area contributed by atoms with E-state index in [4.69, 9.17) is 14.6 Å². The van der Waals surface area contributed by atoms with Crippen molar-refractivity contribution in [2.24, 2.45) is 0 Å². The molecule has 132 valence electrons. The fourth-order valence-electron chi connectivity index (χ4n) is 2.18. The van der Waals surface area contributed by atoms with E-state index >= 15 is 0 Å². The van der Waals surface area contributed by atoms with Crippen molar-refractivity contribution in [3.05, 3.63) is 54.1 Å². The van der Waals surface area contributed by atoms with Gasteiger partial charge in [-0.15, -0.1) is 0 Å². The zero-order chi connectivity index (χ0) is 18.1. The zero-order valence-electron chi connectivity index (χ0n) is 14.0. The molecule has 0 aliphatic heterocycles. The second kappa shape index (κ2) is 9.32. The van der Waals surface area contributed by atoms with Crippen molar-refractivity contribution in [3.8, 4) is 11.5 Å². The molecule has 6 nitrogen and oxygen atoms in total. The average molecular weight is 343 g/mol. The average Bonchev–Trinajstić information content (AvgIpc) is 2.60. The van der Waals surface area contributed by atoms with Gasteiger partial charge in [-0.1, -0.05) is 12.1 Å². The normalized spacial score (nSPS) is 10.1. The summed E-state index contributed by atoms with van der Waals surface area (Å²) in [6.07, 6.45) is 0.812. The summed E-state index contributed by atoms with van der Waals surface area (Å²) in [7, 11) is 1.60. The molecule has 0 heterocycles. The number of anilines is 1. The molecule has 0 fully saturated rings. The molecular formula is C19H21NO5. The topological polar surface area (TPSA) is 84.9 Å². The van der Waals surface area contributed by atoms with Crippen LogP contribution in [0, 0.1) is 0 Å². The van der Waals surface area contributed by atoms with Crippen molar-refractivity contribution < 1.29 is 24.2 Å². The third kappa shape index (κ3) is 6.55. The van der Waals surface area contributed by atoms with Gasteiger partial charge in [-0.3, -0.25) is 9.59 Å². The summed E-state index contributed by atoms with van der Waals surface area (Å²) in [6.45, 7) is 0.343. The number of methoxy groups -OCH3 is 1. The molecule has 2 aromatic rings. The van der Waals surface area contributed by atoms with Gasteiger partial charge < -0.3 is 19.9 Å². The van der Waals surface area contributed by atoms with Gasteiger partial charge in [0.05, 0.1) is 20.1 Å². The molecule has 2 rings (SSSR count). The number of amides is 1. The van der Waals surface area contributed by atoms with E-state index in [1.807, 2.05) is 24.3 Å². The minimum atomic E-state index is -0.835. The summed E-state index contributed by atoms with van der Waals surface area (Å²) in [5.74, 6) is 0.445. The van der Waals surface area contributed by atoms with Gasteiger partial charge in [0.25, 0.3) is 0 Å². The van der Waals surface area contributed by atoms with Gasteiger partial charge in [-0.25, -0.2) is 0 Å². The molecule has 0 spiro atoms. The van der Waals surface area contributed by atoms with E-state index in [0.29, 0.717) is 24.5 Å². The highest BCUT2D eigenvalue weighted by Crippen LogP contribution is 2.17. The van der Waals surface area contributed by atoms with Crippen LogP contribution in [0.15, 0.2) is 48.5 Å². The third-order valence-corrected chi connectivity index (χ3v) is 3.47. The molecule has 0 unspecified atom stereocenters. The van der Waals surface area contributed by atoms with Crippen LogP contribution < -0.4 is 14.8 Å². The van der Waals surface area contributed by atoms with Crippen LogP contribution in [0.2, 0.25) is 0 Å². The van der Waals surface area contributed by atoms with Gasteiger partial charge in [0, 0.05) is 12.1 Å². The molecule has 25 heavy (non-hydrogen) atoms. The van der Waals surface area contributed by atoms with E-state index in [1.165, 1.54) is 0 Å². The van der Waals surface area contributed by atoms with E-state index < -0.39 is 5.97 Å². The van der Waals surface area contributed by atoms with Crippen molar-refractivity contribution in [2.45, 2.75) is 19.3 Å². The highest BCUT2D eigenvalue weighted by molar-refractivity contribution is 5.92. The molecular weight excluding hydrogens is 322 g/mol. The minimum Gasteiger partial charge on any atom is -0.497 e. The van der Waals surface area contributed by atoms with Crippen LogP contribution in [0.3, 0.4) is 0 Å². The van der Waals surface area contributed by atoms with Gasteiger partial charge in [-0.05, 0) is 48.4 Å². The molecule has 0 radical (unpaired) electrons. The Bertz CT molecular complexity index is 695. The molecule has 2 N–H and O–H groups in total. The van der Waals surface area contributed by atoms with Gasteiger partial charge in [0.1, 0.15) is 11.5 Å². The summed E-state index contributed by atoms with van der Waals surface area (Å²) in [5, 5.41) is 11.4. The number of hydrogen-bond donors (Lipinski definition) is 2. The van der Waals surface area contributed by atoms with Crippen LogP contribution in [0.4, 0.5) is 5.69 Å². The van der Waals surface area contributed by atoms with E-state index in [9.17, 15) is 9.59 Å². The van der Waals surface area contributed by atoms with Crippen LogP contribution >= 0.6 is 0 Å². The zero-order valence-corrected chi connectivity index (χ0v) is 14.0. The Balaban J connectivity index is 1.79. The molecule has 0 aliphatic carbocycles. The number of carboxylic acids is 1. The lowest BCUT2D eigenvalue weighted by molar-refractivity contribution is -0.137. The van der Waals surface area contributed by atoms with Crippen molar-refractivity contribution in [3.63, 3.8) is 0 Å². The van der Waals surface area contributed by atoms with Crippen LogP contribution in [-0.4, -0.2) is 30.7 Å². The number of carbonyl (C=O) groups excluding carboxylic acids is 1. The fraction of sp³-hybridized carbons (Fsp3) is 0.263. The first-order valence-electron chi connectivity index (χ1n) is 7.94. The second-order valence-corrected chi connectivity index (χ2v) is 5.44. The molecule has 6 heteroatoms. The Hall–Kier alpha value is -3.02. The number of hydrogen-bond acceptors (Lipinski definition) is 4. The molecule has 0 aromatic heterocycles. The molecule has 0 aliphatic rings. The Morgan fingerprint density at radius 1 is 1.00 bits per heavy atom. The summed E-state index contributed by atoms with van der Waals surface area (Å²) < 4.78 is 10.5. The summed E-state index contributed by atoms with van der Waals surface area (Å²) in [4.78, 5) is 22.5. The van der Waals surface area contributed by atoms with E-state index in [1.54, 1.807) is 31.4 Å². The number of ether oxygens (including phenoxy) is 2. The molecule has 0 saturated carbocycles. The van der Waals surface area contributed by atoms with Crippen molar-refractivity contribution in [1.29, 1.82) is 0 Å². The quantitative estimate of drug-likeness (QED) is 0.683. The smallest absolute Gasteiger partial charge is 0.303 e. The number of carboxylic acid groups (broad SMARTS) is 1. The summed E-state index contributed by atoms with van der Waals surface area (Å²) in [5.41, 5.74) is 1.58. The van der Waals surface area contributed by atoms with E-state index in [0.717, 1.165) is 11.3 Å². The first-order chi connectivity index (χ1) is 12.1. The number of aliphatic carboxylic acids is 1. The highest BCUT2D eigenvalue weighted by Gasteiger charge is 2.05. The SMILES string of the molecule is COc1ccc(CC(=O)Nc2ccc(OCCCC(=O)O)cc2)cc1. The summed E-state index contributed by atoms with van der Waals surface area (Å²) >= 11 is 0. The molecule has 0 atom stereocenters. The first-order valence-corrected chi connectivity index (χ1v) is 7.94. The van der Waals surface area contributed by atoms with Gasteiger partial charge in [0.2, 0.25) is 5.91 Å². The molecule has 2 aromatic carbocycles. The Labute approximate surface area is 146 Å². The lowest BCUT2D eigenvalue weighted by Gasteiger charge is -2.08. The molecule has 1 amide bonds. The maximum absolute atomic E-state index is 12.1. The van der Waals surface area contributed by atoms with Crippen LogP contribution in [0.25, 0.3) is 0 Å². The lowest BCUT2D eigenvalue weighted by Crippen LogP contribution is -2.14. The second-order valence-electron chi connectivity index (χ2n) is 5.44. The fourth-order valence-corrected chi connectivity index (χ4v) is 2.18. The van der Waals surface area contributed by atoms with Crippen LogP contribution in [0.5, 0.6) is 11.5 Å². The monoisotopic (exact) mass is 343 g/mol. The van der Waals surface area contributed by atoms with Crippen molar-refractivity contribution in [1.82, 2.24) is 0 Å². The van der Waals surface area contributed by atoms with Gasteiger partial charge >= 0.3 is 5.97 Å². The predicted octanol–water partition coefficient (Wildman–Crippen LogP) is 3.12. The van der Waals surface area contributed by atoms with Crippen molar-refractivity contribution in [2.75, 3.05) is 19.0 Å². The van der Waals surface area contributed by atoms with Gasteiger partial charge in [-0.2, -0.15) is 0 Å². The van der Waals surface area contributed by atoms with E-state index in [-0.39, 0.29) is 18.7 Å². The number of carbonyl (C=O) groups is 2. The largest absolute Gasteiger partial charge is 0.497 e. The van der Waals surface area contributed by atoms with E-state index in [2.05, 4.69) is 5.32 Å². The summed E-state index contributed by atoms with van der Waals surface area (Å²) in [6, 6.07) is 14.3. The number of nitrogens with one attached hydrogen (secondary N) is 1. The first kappa shape index (κ1) is 18.3. The Kier molecular flexibility index (Phi) is 6.83. The lowest BCUT2D eigenvalue weighted by atomic mass is 10.1. The minimum absolute atomic E-state index is 0.0828. The standard InChI is InChI=1S/C19H21NO5/c1-24-16-8-4-14(5-9-16)13-18(21)20-15-6-10-17(11-7-15)25-12-2-3-19(22)23/h4-11H,2-3,12-13H2,1H3,(H,20,21)(H,22,23). The molecule has 0 saturated heterocycles. The Morgan fingerprint density at radius 2 is 1.64 bits per heavy atom. The van der Waals surface area contributed by atoms with Crippen LogP contribution in [-0.2, 0) is 16.0 Å². The van der Waals surface area contributed by atoms with Gasteiger partial charge in [0.15, 0.2) is 0 Å².